The van der Waals surface area contributed by atoms with Gasteiger partial charge in [-0.3, -0.25) is 19.8 Å². The van der Waals surface area contributed by atoms with Gasteiger partial charge in [0.1, 0.15) is 5.92 Å². The van der Waals surface area contributed by atoms with Gasteiger partial charge in [-0.2, -0.15) is 0 Å². The normalized spacial score (nSPS) is 20.2. The van der Waals surface area contributed by atoms with Gasteiger partial charge in [0.05, 0.1) is 12.7 Å². The topological polar surface area (TPSA) is 92.5 Å². The molecular formula is C11H13N3O4. The summed E-state index contributed by atoms with van der Waals surface area (Å²) >= 11 is 0. The lowest BCUT2D eigenvalue weighted by atomic mass is 9.99. The maximum atomic E-state index is 12.0. The maximum Gasteiger partial charge on any atom is 0.331 e. The van der Waals surface area contributed by atoms with E-state index in [1.807, 2.05) is 6.92 Å². The number of rotatable bonds is 4. The molecule has 1 aliphatic heterocycles. The van der Waals surface area contributed by atoms with E-state index in [1.54, 1.807) is 6.07 Å². The number of imide groups is 2. The summed E-state index contributed by atoms with van der Waals surface area (Å²) in [5.74, 6) is -1.42. The van der Waals surface area contributed by atoms with Crippen molar-refractivity contribution < 1.29 is 18.9 Å². The molecule has 1 aliphatic rings. The molecule has 0 saturated carbocycles. The zero-order valence-electron chi connectivity index (χ0n) is 9.88. The Morgan fingerprint density at radius 1 is 1.44 bits per heavy atom. The summed E-state index contributed by atoms with van der Waals surface area (Å²) in [7, 11) is 0. The highest BCUT2D eigenvalue weighted by molar-refractivity contribution is 6.16. The minimum atomic E-state index is -0.796. The average Bonchev–Trinajstić information content (AvgIpc) is 2.83. The Hall–Kier alpha value is -2.18. The number of urea groups is 1. The van der Waals surface area contributed by atoms with Crippen molar-refractivity contribution in [3.63, 3.8) is 0 Å². The SMILES string of the molecule is CCCC1C(=O)NC(=O)N(Cc2ccno2)C1=O. The predicted molar refractivity (Wildman–Crippen MR) is 59.0 cm³/mol. The lowest BCUT2D eigenvalue weighted by Gasteiger charge is -2.29. The Morgan fingerprint density at radius 3 is 2.83 bits per heavy atom. The second-order valence-electron chi connectivity index (χ2n) is 4.04. The lowest BCUT2D eigenvalue weighted by Crippen LogP contribution is -2.57. The van der Waals surface area contributed by atoms with E-state index >= 15 is 0 Å². The third-order valence-corrected chi connectivity index (χ3v) is 2.74. The molecule has 1 saturated heterocycles. The first-order chi connectivity index (χ1) is 8.63. The van der Waals surface area contributed by atoms with Gasteiger partial charge in [-0.1, -0.05) is 18.5 Å². The number of barbiturate groups is 1. The van der Waals surface area contributed by atoms with Gasteiger partial charge in [0.15, 0.2) is 5.76 Å². The van der Waals surface area contributed by atoms with E-state index in [9.17, 15) is 14.4 Å². The molecule has 1 aromatic rings. The Bertz CT molecular complexity index is 469. The van der Waals surface area contributed by atoms with Crippen LogP contribution in [0.2, 0.25) is 0 Å². The highest BCUT2D eigenvalue weighted by atomic mass is 16.5. The number of aromatic nitrogens is 1. The molecule has 0 aromatic carbocycles. The fourth-order valence-corrected chi connectivity index (χ4v) is 1.83. The van der Waals surface area contributed by atoms with Gasteiger partial charge < -0.3 is 4.52 Å². The first-order valence-corrected chi connectivity index (χ1v) is 5.69. The van der Waals surface area contributed by atoms with E-state index in [-0.39, 0.29) is 6.54 Å². The van der Waals surface area contributed by atoms with E-state index in [0.717, 1.165) is 4.90 Å². The van der Waals surface area contributed by atoms with Crippen LogP contribution >= 0.6 is 0 Å². The summed E-state index contributed by atoms with van der Waals surface area (Å²) in [6.07, 6.45) is 2.54. The van der Waals surface area contributed by atoms with Crippen molar-refractivity contribution in [2.75, 3.05) is 0 Å². The molecule has 0 radical (unpaired) electrons. The molecule has 0 bridgehead atoms. The van der Waals surface area contributed by atoms with Gasteiger partial charge in [-0.05, 0) is 6.42 Å². The number of hydrogen-bond acceptors (Lipinski definition) is 5. The number of amides is 4. The Morgan fingerprint density at radius 2 is 2.22 bits per heavy atom. The molecule has 2 rings (SSSR count). The van der Waals surface area contributed by atoms with Crippen molar-refractivity contribution in [3.8, 4) is 0 Å². The van der Waals surface area contributed by atoms with Crippen LogP contribution in [-0.2, 0) is 16.1 Å². The van der Waals surface area contributed by atoms with Crippen molar-refractivity contribution in [1.29, 1.82) is 0 Å². The second kappa shape index (κ2) is 4.99. The minimum Gasteiger partial charge on any atom is -0.359 e. The quantitative estimate of drug-likeness (QED) is 0.794. The van der Waals surface area contributed by atoms with Crippen LogP contribution in [0.3, 0.4) is 0 Å². The van der Waals surface area contributed by atoms with Gasteiger partial charge in [-0.15, -0.1) is 0 Å². The summed E-state index contributed by atoms with van der Waals surface area (Å²) < 4.78 is 4.85. The molecule has 18 heavy (non-hydrogen) atoms. The van der Waals surface area contributed by atoms with Crippen molar-refractivity contribution in [2.45, 2.75) is 26.3 Å². The zero-order chi connectivity index (χ0) is 13.1. The monoisotopic (exact) mass is 251 g/mol. The Balaban J connectivity index is 2.15. The molecule has 1 unspecified atom stereocenters. The number of carbonyl (C=O) groups excluding carboxylic acids is 3. The van der Waals surface area contributed by atoms with Gasteiger partial charge in [0.25, 0.3) is 0 Å². The van der Waals surface area contributed by atoms with E-state index in [4.69, 9.17) is 4.52 Å². The third kappa shape index (κ3) is 2.24. The second-order valence-corrected chi connectivity index (χ2v) is 4.04. The molecule has 2 heterocycles. The fraction of sp³-hybridized carbons (Fsp3) is 0.455. The van der Waals surface area contributed by atoms with Crippen LogP contribution in [0.1, 0.15) is 25.5 Å². The van der Waals surface area contributed by atoms with Crippen LogP contribution < -0.4 is 5.32 Å². The fourth-order valence-electron chi connectivity index (χ4n) is 1.83. The lowest BCUT2D eigenvalue weighted by molar-refractivity contribution is -0.143. The number of nitrogens with one attached hydrogen (secondary N) is 1. The summed E-state index contributed by atoms with van der Waals surface area (Å²) in [4.78, 5) is 36.2. The maximum absolute atomic E-state index is 12.0. The van der Waals surface area contributed by atoms with Crippen LogP contribution in [0.25, 0.3) is 0 Å². The summed E-state index contributed by atoms with van der Waals surface area (Å²) in [5.41, 5.74) is 0. The van der Waals surface area contributed by atoms with Gasteiger partial charge >= 0.3 is 6.03 Å². The smallest absolute Gasteiger partial charge is 0.331 e. The average molecular weight is 251 g/mol. The van der Waals surface area contributed by atoms with Crippen molar-refractivity contribution in [1.82, 2.24) is 15.4 Å². The van der Waals surface area contributed by atoms with Crippen LogP contribution in [0.4, 0.5) is 4.79 Å². The van der Waals surface area contributed by atoms with Gasteiger partial charge in [0, 0.05) is 6.07 Å². The predicted octanol–water partition coefficient (Wildman–Crippen LogP) is 0.669. The summed E-state index contributed by atoms with van der Waals surface area (Å²) in [5, 5.41) is 5.67. The molecule has 4 amide bonds. The highest BCUT2D eigenvalue weighted by Crippen LogP contribution is 2.17. The van der Waals surface area contributed by atoms with E-state index in [0.29, 0.717) is 18.6 Å². The van der Waals surface area contributed by atoms with Gasteiger partial charge in [-0.25, -0.2) is 4.79 Å². The minimum absolute atomic E-state index is 0.0157. The first-order valence-electron chi connectivity index (χ1n) is 5.69. The molecule has 7 nitrogen and oxygen atoms in total. The standard InChI is InChI=1S/C11H13N3O4/c1-2-3-8-9(15)13-11(17)14(10(8)16)6-7-4-5-12-18-7/h4-5,8H,2-3,6H2,1H3,(H,13,15,17). The van der Waals surface area contributed by atoms with Crippen LogP contribution in [-0.4, -0.2) is 27.9 Å². The number of nitrogens with zero attached hydrogens (tertiary/aromatic N) is 2. The Labute approximate surface area is 103 Å². The molecule has 1 fully saturated rings. The highest BCUT2D eigenvalue weighted by Gasteiger charge is 2.39. The molecule has 0 aliphatic carbocycles. The third-order valence-electron chi connectivity index (χ3n) is 2.74. The molecule has 1 atom stereocenters. The number of hydrogen-bond donors (Lipinski definition) is 1. The molecule has 0 spiro atoms. The van der Waals surface area contributed by atoms with E-state index in [1.165, 1.54) is 6.20 Å². The summed E-state index contributed by atoms with van der Waals surface area (Å²) in [6, 6.07) is 0.847. The first kappa shape index (κ1) is 12.3. The molecular weight excluding hydrogens is 238 g/mol. The molecule has 1 aromatic heterocycles. The van der Waals surface area contributed by atoms with Crippen molar-refractivity contribution in [2.24, 2.45) is 5.92 Å². The van der Waals surface area contributed by atoms with Crippen molar-refractivity contribution in [3.05, 3.63) is 18.0 Å². The molecule has 1 N–H and O–H groups in total. The Kier molecular flexibility index (Phi) is 3.40. The van der Waals surface area contributed by atoms with Gasteiger partial charge in [0.2, 0.25) is 11.8 Å². The van der Waals surface area contributed by atoms with E-state index < -0.39 is 23.8 Å². The van der Waals surface area contributed by atoms with Crippen LogP contribution in [0.15, 0.2) is 16.8 Å². The molecule has 96 valence electrons. The zero-order valence-corrected chi connectivity index (χ0v) is 9.88. The largest absolute Gasteiger partial charge is 0.359 e. The van der Waals surface area contributed by atoms with Crippen molar-refractivity contribution >= 4 is 17.8 Å². The molecule has 7 heteroatoms. The number of carbonyl (C=O) groups is 3. The van der Waals surface area contributed by atoms with Crippen LogP contribution in [0.5, 0.6) is 0 Å². The van der Waals surface area contributed by atoms with E-state index in [2.05, 4.69) is 10.5 Å². The van der Waals surface area contributed by atoms with Crippen LogP contribution in [0, 0.1) is 5.92 Å². The summed E-state index contributed by atoms with van der Waals surface area (Å²) in [6.45, 7) is 1.86.